The highest BCUT2D eigenvalue weighted by Gasteiger charge is 2.27. The van der Waals surface area contributed by atoms with Gasteiger partial charge in [-0.3, -0.25) is 9.58 Å². The Balaban J connectivity index is 2.03. The van der Waals surface area contributed by atoms with Gasteiger partial charge in [-0.2, -0.15) is 10.4 Å². The molecule has 1 amide bonds. The predicted molar refractivity (Wildman–Crippen MR) is 62.7 cm³/mol. The van der Waals surface area contributed by atoms with Gasteiger partial charge in [0.05, 0.1) is 11.8 Å². The van der Waals surface area contributed by atoms with Crippen LogP contribution in [0.4, 0.5) is 4.79 Å². The second-order valence-corrected chi connectivity index (χ2v) is 4.25. The maximum atomic E-state index is 10.8. The van der Waals surface area contributed by atoms with Crippen LogP contribution >= 0.6 is 0 Å². The first-order chi connectivity index (χ1) is 8.61. The monoisotopic (exact) mass is 249 g/mol. The lowest BCUT2D eigenvalue weighted by Gasteiger charge is -2.34. The third kappa shape index (κ3) is 2.43. The van der Waals surface area contributed by atoms with Gasteiger partial charge in [0.2, 0.25) is 0 Å². The number of hydrogen-bond donors (Lipinski definition) is 1. The average molecular weight is 249 g/mol. The molecule has 96 valence electrons. The molecule has 1 unspecified atom stereocenters. The molecular weight excluding hydrogens is 234 g/mol. The molecule has 0 bridgehead atoms. The highest BCUT2D eigenvalue weighted by molar-refractivity contribution is 5.65. The molecule has 1 fully saturated rings. The number of aromatic nitrogens is 2. The summed E-state index contributed by atoms with van der Waals surface area (Å²) in [5, 5.41) is 22.3. The number of nitriles is 1. The molecule has 1 aliphatic rings. The third-order valence-corrected chi connectivity index (χ3v) is 3.09. The van der Waals surface area contributed by atoms with Gasteiger partial charge in [-0.1, -0.05) is 0 Å². The average Bonchev–Trinajstić information content (AvgIpc) is 2.77. The number of amides is 1. The Morgan fingerprint density at radius 2 is 2.17 bits per heavy atom. The minimum atomic E-state index is -0.902. The lowest BCUT2D eigenvalue weighted by atomic mass is 10.1. The van der Waals surface area contributed by atoms with E-state index in [0.717, 1.165) is 0 Å². The summed E-state index contributed by atoms with van der Waals surface area (Å²) in [6.07, 6.45) is 0.897. The van der Waals surface area contributed by atoms with Crippen molar-refractivity contribution in [2.24, 2.45) is 7.05 Å². The van der Waals surface area contributed by atoms with Gasteiger partial charge < -0.3 is 10.0 Å². The van der Waals surface area contributed by atoms with E-state index in [1.807, 2.05) is 11.0 Å². The molecule has 0 spiro atoms. The quantitative estimate of drug-likeness (QED) is 0.813. The largest absolute Gasteiger partial charge is 0.465 e. The Kier molecular flexibility index (Phi) is 3.48. The Bertz CT molecular complexity index is 470. The van der Waals surface area contributed by atoms with Crippen LogP contribution in [0.2, 0.25) is 0 Å². The smallest absolute Gasteiger partial charge is 0.407 e. The fourth-order valence-corrected chi connectivity index (χ4v) is 2.09. The van der Waals surface area contributed by atoms with Crippen molar-refractivity contribution in [3.8, 4) is 6.07 Å². The van der Waals surface area contributed by atoms with Gasteiger partial charge in [0.25, 0.3) is 0 Å². The van der Waals surface area contributed by atoms with E-state index in [1.54, 1.807) is 17.9 Å². The van der Waals surface area contributed by atoms with Crippen LogP contribution in [-0.4, -0.2) is 57.0 Å². The highest BCUT2D eigenvalue weighted by Crippen LogP contribution is 2.19. The van der Waals surface area contributed by atoms with E-state index in [1.165, 1.54) is 4.90 Å². The predicted octanol–water partition coefficient (Wildman–Crippen LogP) is 0.280. The summed E-state index contributed by atoms with van der Waals surface area (Å²) >= 11 is 0. The fraction of sp³-hybridized carbons (Fsp3) is 0.545. The number of piperazine rings is 1. The molecule has 18 heavy (non-hydrogen) atoms. The maximum Gasteiger partial charge on any atom is 0.407 e. The summed E-state index contributed by atoms with van der Waals surface area (Å²) in [6, 6.07) is 3.65. The molecule has 7 heteroatoms. The summed E-state index contributed by atoms with van der Waals surface area (Å²) in [6.45, 7) is 1.98. The molecule has 1 saturated heterocycles. The Labute approximate surface area is 105 Å². The van der Waals surface area contributed by atoms with E-state index in [4.69, 9.17) is 5.11 Å². The number of carbonyl (C=O) groups is 1. The standard InChI is InChI=1S/C11H15N5O2/c1-14-3-2-9(13-14)10(8-12)15-4-6-16(7-5-15)11(17)18/h2-3,10H,4-7H2,1H3,(H,17,18). The number of aryl methyl sites for hydroxylation is 1. The third-order valence-electron chi connectivity index (χ3n) is 3.09. The van der Waals surface area contributed by atoms with Gasteiger partial charge in [-0.25, -0.2) is 4.79 Å². The van der Waals surface area contributed by atoms with E-state index >= 15 is 0 Å². The zero-order valence-electron chi connectivity index (χ0n) is 10.2. The van der Waals surface area contributed by atoms with Crippen LogP contribution in [0.15, 0.2) is 12.3 Å². The summed E-state index contributed by atoms with van der Waals surface area (Å²) < 4.78 is 1.66. The molecule has 1 aromatic rings. The molecule has 1 atom stereocenters. The number of rotatable bonds is 2. The number of hydrogen-bond acceptors (Lipinski definition) is 4. The van der Waals surface area contributed by atoms with Crippen LogP contribution < -0.4 is 0 Å². The maximum absolute atomic E-state index is 10.8. The first-order valence-electron chi connectivity index (χ1n) is 5.73. The first kappa shape index (κ1) is 12.4. The van der Waals surface area contributed by atoms with Crippen molar-refractivity contribution in [3.63, 3.8) is 0 Å². The Hall–Kier alpha value is -2.07. The van der Waals surface area contributed by atoms with Crippen molar-refractivity contribution in [1.29, 1.82) is 5.26 Å². The summed E-state index contributed by atoms with van der Waals surface area (Å²) in [5.74, 6) is 0. The van der Waals surface area contributed by atoms with Crippen LogP contribution in [0.1, 0.15) is 11.7 Å². The lowest BCUT2D eigenvalue weighted by molar-refractivity contribution is 0.0951. The molecule has 0 radical (unpaired) electrons. The van der Waals surface area contributed by atoms with Crippen LogP contribution in [0.25, 0.3) is 0 Å². The van der Waals surface area contributed by atoms with Crippen LogP contribution in [0.5, 0.6) is 0 Å². The summed E-state index contributed by atoms with van der Waals surface area (Å²) in [4.78, 5) is 14.1. The SMILES string of the molecule is Cn1ccc(C(C#N)N2CCN(C(=O)O)CC2)n1. The van der Waals surface area contributed by atoms with Crippen molar-refractivity contribution in [1.82, 2.24) is 19.6 Å². The van der Waals surface area contributed by atoms with Gasteiger partial charge in [-0.15, -0.1) is 0 Å². The van der Waals surface area contributed by atoms with Crippen molar-refractivity contribution < 1.29 is 9.90 Å². The van der Waals surface area contributed by atoms with Gasteiger partial charge in [0.1, 0.15) is 6.04 Å². The first-order valence-corrected chi connectivity index (χ1v) is 5.73. The van der Waals surface area contributed by atoms with Gasteiger partial charge in [0, 0.05) is 39.4 Å². The number of nitrogens with zero attached hydrogens (tertiary/aromatic N) is 5. The van der Waals surface area contributed by atoms with Crippen molar-refractivity contribution >= 4 is 6.09 Å². The fourth-order valence-electron chi connectivity index (χ4n) is 2.09. The topological polar surface area (TPSA) is 85.4 Å². The summed E-state index contributed by atoms with van der Waals surface area (Å²) in [7, 11) is 1.81. The summed E-state index contributed by atoms with van der Waals surface area (Å²) in [5.41, 5.74) is 0.712. The van der Waals surface area contributed by atoms with E-state index in [0.29, 0.717) is 31.9 Å². The molecule has 1 aromatic heterocycles. The molecule has 2 rings (SSSR count). The van der Waals surface area contributed by atoms with Crippen LogP contribution in [-0.2, 0) is 7.05 Å². The molecule has 0 aliphatic carbocycles. The molecule has 0 saturated carbocycles. The van der Waals surface area contributed by atoms with Crippen molar-refractivity contribution in [3.05, 3.63) is 18.0 Å². The van der Waals surface area contributed by atoms with Crippen molar-refractivity contribution in [2.45, 2.75) is 6.04 Å². The zero-order valence-corrected chi connectivity index (χ0v) is 10.2. The Morgan fingerprint density at radius 3 is 2.61 bits per heavy atom. The normalized spacial score (nSPS) is 18.3. The van der Waals surface area contributed by atoms with E-state index in [2.05, 4.69) is 11.2 Å². The molecule has 0 aromatic carbocycles. The van der Waals surface area contributed by atoms with E-state index in [9.17, 15) is 10.1 Å². The van der Waals surface area contributed by atoms with Crippen LogP contribution in [0.3, 0.4) is 0 Å². The second-order valence-electron chi connectivity index (χ2n) is 4.25. The second kappa shape index (κ2) is 5.06. The van der Waals surface area contributed by atoms with Gasteiger partial charge in [-0.05, 0) is 6.07 Å². The van der Waals surface area contributed by atoms with Gasteiger partial charge >= 0.3 is 6.09 Å². The molecular formula is C11H15N5O2. The van der Waals surface area contributed by atoms with Crippen molar-refractivity contribution in [2.75, 3.05) is 26.2 Å². The molecule has 2 heterocycles. The van der Waals surface area contributed by atoms with E-state index in [-0.39, 0.29) is 0 Å². The van der Waals surface area contributed by atoms with Gasteiger partial charge in [0.15, 0.2) is 0 Å². The number of carboxylic acid groups (broad SMARTS) is 1. The molecule has 7 nitrogen and oxygen atoms in total. The highest BCUT2D eigenvalue weighted by atomic mass is 16.4. The molecule has 1 N–H and O–H groups in total. The Morgan fingerprint density at radius 1 is 1.50 bits per heavy atom. The lowest BCUT2D eigenvalue weighted by Crippen LogP contribution is -2.49. The minimum absolute atomic E-state index is 0.401. The van der Waals surface area contributed by atoms with E-state index < -0.39 is 12.1 Å². The zero-order chi connectivity index (χ0) is 13.1. The molecule has 1 aliphatic heterocycles. The van der Waals surface area contributed by atoms with Crippen LogP contribution in [0, 0.1) is 11.3 Å². The minimum Gasteiger partial charge on any atom is -0.465 e.